The van der Waals surface area contributed by atoms with E-state index in [9.17, 15) is 4.39 Å². The van der Waals surface area contributed by atoms with Crippen LogP contribution >= 0.6 is 0 Å². The van der Waals surface area contributed by atoms with Crippen LogP contribution in [0.4, 0.5) is 4.39 Å². The van der Waals surface area contributed by atoms with Crippen LogP contribution in [0.5, 0.6) is 5.75 Å². The van der Waals surface area contributed by atoms with Gasteiger partial charge in [0.15, 0.2) is 0 Å². The van der Waals surface area contributed by atoms with E-state index in [-0.39, 0.29) is 5.82 Å². The normalized spacial score (nSPS) is 17.9. The van der Waals surface area contributed by atoms with Crippen LogP contribution in [0.2, 0.25) is 0 Å². The number of likely N-dealkylation sites (tertiary alicyclic amines) is 1. The number of hydrogen-bond acceptors (Lipinski definition) is 4. The van der Waals surface area contributed by atoms with E-state index in [0.717, 1.165) is 61.9 Å². The van der Waals surface area contributed by atoms with Crippen molar-refractivity contribution in [3.8, 4) is 5.75 Å². The van der Waals surface area contributed by atoms with Gasteiger partial charge in [-0.2, -0.15) is 0 Å². The maximum absolute atomic E-state index is 13.3. The second kappa shape index (κ2) is 10.6. The van der Waals surface area contributed by atoms with Gasteiger partial charge in [-0.25, -0.2) is 4.39 Å². The molecule has 2 aromatic rings. The summed E-state index contributed by atoms with van der Waals surface area (Å²) in [6.45, 7) is 6.33. The number of allylic oxidation sites excluding steroid dienone is 2. The zero-order valence-electron chi connectivity index (χ0n) is 18.1. The molecular formula is C26H32FN3O. The van der Waals surface area contributed by atoms with Crippen LogP contribution in [0.3, 0.4) is 0 Å². The number of nitrogens with zero attached hydrogens (tertiary/aromatic N) is 2. The molecule has 4 rings (SSSR count). The lowest BCUT2D eigenvalue weighted by atomic mass is 9.94. The number of hydrogen-bond donors (Lipinski definition) is 1. The summed E-state index contributed by atoms with van der Waals surface area (Å²) in [5.74, 6) is 1.39. The predicted octanol–water partition coefficient (Wildman–Crippen LogP) is 4.16. The van der Waals surface area contributed by atoms with Crippen molar-refractivity contribution in [2.75, 3.05) is 45.9 Å². The minimum Gasteiger partial charge on any atom is -0.492 e. The van der Waals surface area contributed by atoms with E-state index in [1.807, 2.05) is 42.5 Å². The molecule has 2 aliphatic heterocycles. The Labute approximate surface area is 184 Å². The average Bonchev–Trinajstić information content (AvgIpc) is 2.81. The van der Waals surface area contributed by atoms with E-state index in [0.29, 0.717) is 12.5 Å². The molecule has 2 N–H and O–H groups in total. The first kappa shape index (κ1) is 21.6. The van der Waals surface area contributed by atoms with Crippen LogP contribution in [0, 0.1) is 11.7 Å². The van der Waals surface area contributed by atoms with E-state index in [4.69, 9.17) is 10.5 Å². The number of para-hydroxylation sites is 1. The second-order valence-electron chi connectivity index (χ2n) is 8.33. The van der Waals surface area contributed by atoms with Gasteiger partial charge >= 0.3 is 0 Å². The van der Waals surface area contributed by atoms with Gasteiger partial charge in [-0.15, -0.1) is 0 Å². The van der Waals surface area contributed by atoms with Crippen molar-refractivity contribution in [2.24, 2.45) is 11.7 Å². The molecule has 0 bridgehead atoms. The summed E-state index contributed by atoms with van der Waals surface area (Å²) in [4.78, 5) is 4.91. The number of halogens is 1. The Morgan fingerprint density at radius 3 is 2.45 bits per heavy atom. The van der Waals surface area contributed by atoms with Gasteiger partial charge in [-0.05, 0) is 61.7 Å². The molecular weight excluding hydrogens is 389 g/mol. The molecule has 164 valence electrons. The molecule has 0 unspecified atom stereocenters. The Bertz CT molecular complexity index is 887. The summed E-state index contributed by atoms with van der Waals surface area (Å²) in [7, 11) is 0. The molecule has 0 atom stereocenters. The Hall–Kier alpha value is -2.63. The van der Waals surface area contributed by atoms with E-state index in [2.05, 4.69) is 22.0 Å². The van der Waals surface area contributed by atoms with Gasteiger partial charge in [0.05, 0.1) is 0 Å². The first-order chi connectivity index (χ1) is 15.2. The van der Waals surface area contributed by atoms with Gasteiger partial charge in [-0.3, -0.25) is 4.90 Å². The van der Waals surface area contributed by atoms with Gasteiger partial charge in [0.1, 0.15) is 18.2 Å². The van der Waals surface area contributed by atoms with Crippen LogP contribution in [0.25, 0.3) is 5.57 Å². The van der Waals surface area contributed by atoms with Crippen LogP contribution in [0.1, 0.15) is 18.4 Å². The summed E-state index contributed by atoms with van der Waals surface area (Å²) in [5.41, 5.74) is 9.45. The first-order valence-corrected chi connectivity index (χ1v) is 11.2. The highest BCUT2D eigenvalue weighted by Gasteiger charge is 2.24. The van der Waals surface area contributed by atoms with Crippen LogP contribution < -0.4 is 10.5 Å². The van der Waals surface area contributed by atoms with Crippen molar-refractivity contribution in [2.45, 2.75) is 12.8 Å². The molecule has 1 saturated heterocycles. The first-order valence-electron chi connectivity index (χ1n) is 11.2. The van der Waals surface area contributed by atoms with Gasteiger partial charge in [0.2, 0.25) is 0 Å². The largest absolute Gasteiger partial charge is 0.492 e. The number of nitrogens with two attached hydrogens (primary N) is 1. The topological polar surface area (TPSA) is 41.7 Å². The third kappa shape index (κ3) is 5.75. The quantitative estimate of drug-likeness (QED) is 0.695. The summed E-state index contributed by atoms with van der Waals surface area (Å²) < 4.78 is 19.2. The van der Waals surface area contributed by atoms with E-state index in [1.165, 1.54) is 25.0 Å². The average molecular weight is 422 g/mol. The molecule has 0 amide bonds. The lowest BCUT2D eigenvalue weighted by Crippen LogP contribution is -2.41. The number of benzene rings is 2. The van der Waals surface area contributed by atoms with E-state index in [1.54, 1.807) is 0 Å². The van der Waals surface area contributed by atoms with Gasteiger partial charge in [0.25, 0.3) is 0 Å². The fourth-order valence-corrected chi connectivity index (χ4v) is 4.50. The fraction of sp³-hybridized carbons (Fsp3) is 0.385. The molecule has 0 aromatic heterocycles. The Morgan fingerprint density at radius 2 is 1.74 bits per heavy atom. The second-order valence-corrected chi connectivity index (χ2v) is 8.33. The number of ether oxygens (including phenoxy) is 1. The van der Waals surface area contributed by atoms with Gasteiger partial charge in [0, 0.05) is 37.4 Å². The molecule has 1 fully saturated rings. The third-order valence-corrected chi connectivity index (χ3v) is 6.26. The summed E-state index contributed by atoms with van der Waals surface area (Å²) in [5, 5.41) is 0. The molecule has 5 heteroatoms. The smallest absolute Gasteiger partial charge is 0.123 e. The summed E-state index contributed by atoms with van der Waals surface area (Å²) in [6, 6.07) is 16.7. The third-order valence-electron chi connectivity index (χ3n) is 6.26. The number of rotatable bonds is 8. The van der Waals surface area contributed by atoms with Crippen LogP contribution in [-0.2, 0) is 0 Å². The summed E-state index contributed by atoms with van der Waals surface area (Å²) >= 11 is 0. The lowest BCUT2D eigenvalue weighted by molar-refractivity contribution is 0.139. The van der Waals surface area contributed by atoms with Crippen LogP contribution in [0.15, 0.2) is 72.4 Å². The minimum atomic E-state index is -0.212. The van der Waals surface area contributed by atoms with E-state index >= 15 is 0 Å². The Kier molecular flexibility index (Phi) is 7.39. The molecule has 4 nitrogen and oxygen atoms in total. The highest BCUT2D eigenvalue weighted by atomic mass is 19.1. The van der Waals surface area contributed by atoms with E-state index < -0.39 is 0 Å². The molecule has 0 radical (unpaired) electrons. The van der Waals surface area contributed by atoms with Crippen molar-refractivity contribution in [1.29, 1.82) is 0 Å². The van der Waals surface area contributed by atoms with Crippen molar-refractivity contribution in [3.63, 3.8) is 0 Å². The van der Waals surface area contributed by atoms with Crippen molar-refractivity contribution in [3.05, 3.63) is 83.8 Å². The zero-order valence-corrected chi connectivity index (χ0v) is 18.1. The predicted molar refractivity (Wildman–Crippen MR) is 124 cm³/mol. The minimum absolute atomic E-state index is 0.212. The SMILES string of the molecule is NCC1=C(c2ccc(F)cc2)C=CCN1CC1CCN(CCOc2ccccc2)CC1. The van der Waals surface area contributed by atoms with Crippen molar-refractivity contribution >= 4 is 5.57 Å². The highest BCUT2D eigenvalue weighted by molar-refractivity contribution is 5.77. The molecule has 0 spiro atoms. The maximum atomic E-state index is 13.3. The van der Waals surface area contributed by atoms with Crippen molar-refractivity contribution in [1.82, 2.24) is 9.80 Å². The molecule has 2 aromatic carbocycles. The molecule has 2 heterocycles. The Morgan fingerprint density at radius 1 is 1.00 bits per heavy atom. The number of piperidine rings is 1. The molecule has 0 aliphatic carbocycles. The Balaban J connectivity index is 1.28. The zero-order chi connectivity index (χ0) is 21.5. The van der Waals surface area contributed by atoms with Crippen LogP contribution in [-0.4, -0.2) is 55.7 Å². The standard InChI is InChI=1S/C26H32FN3O/c27-23-10-8-22(9-11-23)25-7-4-14-30(26(25)19-28)20-21-12-15-29(16-13-21)17-18-31-24-5-2-1-3-6-24/h1-11,21H,12-20,28H2. The summed E-state index contributed by atoms with van der Waals surface area (Å²) in [6.07, 6.45) is 6.69. The maximum Gasteiger partial charge on any atom is 0.123 e. The highest BCUT2D eigenvalue weighted by Crippen LogP contribution is 2.28. The lowest BCUT2D eigenvalue weighted by Gasteiger charge is -2.37. The monoisotopic (exact) mass is 421 g/mol. The molecule has 0 saturated carbocycles. The molecule has 31 heavy (non-hydrogen) atoms. The molecule has 2 aliphatic rings. The van der Waals surface area contributed by atoms with Gasteiger partial charge < -0.3 is 15.4 Å². The van der Waals surface area contributed by atoms with Gasteiger partial charge in [-0.1, -0.05) is 42.5 Å². The fourth-order valence-electron chi connectivity index (χ4n) is 4.50. The van der Waals surface area contributed by atoms with Crippen molar-refractivity contribution < 1.29 is 9.13 Å².